The Morgan fingerprint density at radius 3 is 2.48 bits per heavy atom. The monoisotopic (exact) mass is 367 g/mol. The predicted octanol–water partition coefficient (Wildman–Crippen LogP) is 0.685. The van der Waals surface area contributed by atoms with Crippen molar-refractivity contribution in [3.63, 3.8) is 0 Å². The van der Waals surface area contributed by atoms with Crippen LogP contribution in [0, 0.1) is 11.3 Å². The first kappa shape index (κ1) is 20.6. The maximum absolute atomic E-state index is 12.1. The van der Waals surface area contributed by atoms with Crippen molar-refractivity contribution in [2.45, 2.75) is 37.6 Å². The van der Waals surface area contributed by atoms with Gasteiger partial charge in [-0.3, -0.25) is 9.59 Å². The van der Waals surface area contributed by atoms with E-state index in [1.807, 2.05) is 13.8 Å². The Balaban J connectivity index is 2.53. The van der Waals surface area contributed by atoms with Gasteiger partial charge in [0.1, 0.15) is 12.6 Å². The minimum Gasteiger partial charge on any atom is -0.455 e. The number of sulfonamides is 1. The van der Waals surface area contributed by atoms with Gasteiger partial charge in [0.2, 0.25) is 10.0 Å². The van der Waals surface area contributed by atoms with E-state index in [1.54, 1.807) is 6.07 Å². The minimum absolute atomic E-state index is 0.00666. The molecule has 0 heterocycles. The molecule has 0 aromatic heterocycles. The average molecular weight is 367 g/mol. The summed E-state index contributed by atoms with van der Waals surface area (Å²) >= 11 is 0. The number of hydrogen-bond donors (Lipinski definition) is 2. The van der Waals surface area contributed by atoms with Gasteiger partial charge < -0.3 is 10.1 Å². The van der Waals surface area contributed by atoms with Gasteiger partial charge in [-0.2, -0.15) is 9.98 Å². The van der Waals surface area contributed by atoms with Crippen LogP contribution in [0.25, 0.3) is 0 Å². The molecule has 0 aliphatic rings. The molecule has 8 nitrogen and oxygen atoms in total. The zero-order valence-corrected chi connectivity index (χ0v) is 14.9. The van der Waals surface area contributed by atoms with E-state index in [-0.39, 0.29) is 16.5 Å². The van der Waals surface area contributed by atoms with Gasteiger partial charge in [-0.15, -0.1) is 0 Å². The van der Waals surface area contributed by atoms with Crippen molar-refractivity contribution in [2.75, 3.05) is 13.2 Å². The Kier molecular flexibility index (Phi) is 8.04. The standard InChI is InChI=1S/C16H21N3O5S/c1-3-13(4-2)19-15(20)11-24-16(21)10-18-25(22,23)14-8-6-5-7-12(14)9-17/h5-8,13,18H,3-4,10-11H2,1-2H3,(H,19,20). The predicted molar refractivity (Wildman–Crippen MR) is 89.8 cm³/mol. The molecule has 0 radical (unpaired) electrons. The Morgan fingerprint density at radius 2 is 1.88 bits per heavy atom. The molecular weight excluding hydrogens is 346 g/mol. The molecule has 1 rings (SSSR count). The van der Waals surface area contributed by atoms with Crippen molar-refractivity contribution >= 4 is 21.9 Å². The van der Waals surface area contributed by atoms with Gasteiger partial charge in [-0.25, -0.2) is 8.42 Å². The van der Waals surface area contributed by atoms with Gasteiger partial charge in [-0.1, -0.05) is 26.0 Å². The van der Waals surface area contributed by atoms with Crippen molar-refractivity contribution in [3.05, 3.63) is 29.8 Å². The van der Waals surface area contributed by atoms with Crippen LogP contribution in [0.2, 0.25) is 0 Å². The zero-order chi connectivity index (χ0) is 18.9. The summed E-state index contributed by atoms with van der Waals surface area (Å²) in [4.78, 5) is 23.0. The molecule has 136 valence electrons. The maximum atomic E-state index is 12.1. The number of amides is 1. The Hall–Kier alpha value is -2.44. The second-order valence-electron chi connectivity index (χ2n) is 5.17. The summed E-state index contributed by atoms with van der Waals surface area (Å²) in [6.07, 6.45) is 1.52. The smallest absolute Gasteiger partial charge is 0.321 e. The van der Waals surface area contributed by atoms with Crippen molar-refractivity contribution in [2.24, 2.45) is 0 Å². The van der Waals surface area contributed by atoms with E-state index < -0.39 is 35.1 Å². The number of hydrogen-bond acceptors (Lipinski definition) is 6. The van der Waals surface area contributed by atoms with Gasteiger partial charge in [0.15, 0.2) is 6.61 Å². The van der Waals surface area contributed by atoms with Crippen LogP contribution in [-0.4, -0.2) is 39.5 Å². The van der Waals surface area contributed by atoms with Crippen LogP contribution >= 0.6 is 0 Å². The van der Waals surface area contributed by atoms with Crippen LogP contribution in [-0.2, 0) is 24.3 Å². The molecule has 25 heavy (non-hydrogen) atoms. The number of ether oxygens (including phenoxy) is 1. The number of nitriles is 1. The molecule has 0 unspecified atom stereocenters. The molecule has 0 spiro atoms. The number of nitrogens with zero attached hydrogens (tertiary/aromatic N) is 1. The van der Waals surface area contributed by atoms with Crippen LogP contribution in [0.5, 0.6) is 0 Å². The second kappa shape index (κ2) is 9.76. The number of benzene rings is 1. The van der Waals surface area contributed by atoms with Crippen molar-refractivity contribution in [1.82, 2.24) is 10.0 Å². The normalized spacial score (nSPS) is 11.0. The quantitative estimate of drug-likeness (QED) is 0.618. The fraction of sp³-hybridized carbons (Fsp3) is 0.438. The topological polar surface area (TPSA) is 125 Å². The molecule has 0 atom stereocenters. The van der Waals surface area contributed by atoms with E-state index in [0.29, 0.717) is 0 Å². The molecule has 0 fully saturated rings. The first-order valence-electron chi connectivity index (χ1n) is 7.77. The lowest BCUT2D eigenvalue weighted by Crippen LogP contribution is -2.38. The highest BCUT2D eigenvalue weighted by Gasteiger charge is 2.20. The van der Waals surface area contributed by atoms with Crippen molar-refractivity contribution in [1.29, 1.82) is 5.26 Å². The fourth-order valence-electron chi connectivity index (χ4n) is 1.98. The molecule has 0 bridgehead atoms. The first-order chi connectivity index (χ1) is 11.8. The summed E-state index contributed by atoms with van der Waals surface area (Å²) in [5.41, 5.74) is -0.0343. The molecule has 9 heteroatoms. The highest BCUT2D eigenvalue weighted by molar-refractivity contribution is 7.89. The van der Waals surface area contributed by atoms with Gasteiger partial charge >= 0.3 is 5.97 Å². The third kappa shape index (κ3) is 6.52. The summed E-state index contributed by atoms with van der Waals surface area (Å²) in [5.74, 6) is -1.34. The van der Waals surface area contributed by atoms with Gasteiger partial charge in [-0.05, 0) is 25.0 Å². The first-order valence-corrected chi connectivity index (χ1v) is 9.26. The van der Waals surface area contributed by atoms with Crippen LogP contribution in [0.3, 0.4) is 0 Å². The minimum atomic E-state index is -4.04. The lowest BCUT2D eigenvalue weighted by Gasteiger charge is -2.14. The van der Waals surface area contributed by atoms with E-state index in [0.717, 1.165) is 12.8 Å². The summed E-state index contributed by atoms with van der Waals surface area (Å²) < 4.78 is 31.0. The van der Waals surface area contributed by atoms with Gasteiger partial charge in [0.05, 0.1) is 10.5 Å². The Labute approximate surface area is 147 Å². The SMILES string of the molecule is CCC(CC)NC(=O)COC(=O)CNS(=O)(=O)c1ccccc1C#N. The lowest BCUT2D eigenvalue weighted by molar-refractivity contribution is -0.147. The highest BCUT2D eigenvalue weighted by Crippen LogP contribution is 2.13. The lowest BCUT2D eigenvalue weighted by atomic mass is 10.2. The molecule has 1 aromatic rings. The third-order valence-electron chi connectivity index (χ3n) is 3.42. The van der Waals surface area contributed by atoms with Crippen molar-refractivity contribution < 1.29 is 22.7 Å². The van der Waals surface area contributed by atoms with Crippen LogP contribution in [0.4, 0.5) is 0 Å². The molecule has 0 aliphatic carbocycles. The van der Waals surface area contributed by atoms with Crippen LogP contribution < -0.4 is 10.0 Å². The molecule has 0 saturated carbocycles. The molecule has 1 aromatic carbocycles. The number of rotatable bonds is 9. The summed E-state index contributed by atoms with van der Waals surface area (Å²) in [6, 6.07) is 7.39. The van der Waals surface area contributed by atoms with Crippen molar-refractivity contribution in [3.8, 4) is 6.07 Å². The fourth-order valence-corrected chi connectivity index (χ4v) is 3.11. The van der Waals surface area contributed by atoms with Gasteiger partial charge in [0.25, 0.3) is 5.91 Å². The van der Waals surface area contributed by atoms with Crippen LogP contribution in [0.15, 0.2) is 29.2 Å². The van der Waals surface area contributed by atoms with Crippen LogP contribution in [0.1, 0.15) is 32.3 Å². The largest absolute Gasteiger partial charge is 0.455 e. The molecule has 1 amide bonds. The summed E-state index contributed by atoms with van der Waals surface area (Å²) in [5, 5.41) is 11.6. The average Bonchev–Trinajstić information content (AvgIpc) is 2.62. The Morgan fingerprint density at radius 1 is 1.24 bits per heavy atom. The van der Waals surface area contributed by atoms with E-state index in [1.165, 1.54) is 24.3 Å². The third-order valence-corrected chi connectivity index (χ3v) is 4.88. The number of carbonyl (C=O) groups is 2. The number of esters is 1. The molecule has 0 aliphatic heterocycles. The van der Waals surface area contributed by atoms with Gasteiger partial charge in [0, 0.05) is 6.04 Å². The summed E-state index contributed by atoms with van der Waals surface area (Å²) in [7, 11) is -4.04. The molecule has 2 N–H and O–H groups in total. The summed E-state index contributed by atoms with van der Waals surface area (Å²) in [6.45, 7) is 2.73. The maximum Gasteiger partial charge on any atom is 0.321 e. The number of nitrogens with one attached hydrogen (secondary N) is 2. The highest BCUT2D eigenvalue weighted by atomic mass is 32.2. The Bertz CT molecular complexity index is 751. The van der Waals surface area contributed by atoms with E-state index in [4.69, 9.17) is 10.00 Å². The van der Waals surface area contributed by atoms with E-state index >= 15 is 0 Å². The van der Waals surface area contributed by atoms with E-state index in [9.17, 15) is 18.0 Å². The molecular formula is C16H21N3O5S. The van der Waals surface area contributed by atoms with E-state index in [2.05, 4.69) is 10.0 Å². The number of carbonyl (C=O) groups excluding carboxylic acids is 2. The zero-order valence-electron chi connectivity index (χ0n) is 14.1. The molecule has 0 saturated heterocycles. The second-order valence-corrected chi connectivity index (χ2v) is 6.91.